The average Bonchev–Trinajstić information content (AvgIpc) is 3.11. The van der Waals surface area contributed by atoms with Crippen molar-refractivity contribution in [2.75, 3.05) is 4.72 Å². The lowest BCUT2D eigenvalue weighted by Gasteiger charge is -2.04. The second kappa shape index (κ2) is 4.46. The highest BCUT2D eigenvalue weighted by Gasteiger charge is 2.30. The molecule has 3 rings (SSSR count). The van der Waals surface area contributed by atoms with Crippen LogP contribution in [0, 0.1) is 0 Å². The van der Waals surface area contributed by atoms with Crippen molar-refractivity contribution in [3.8, 4) is 0 Å². The van der Waals surface area contributed by atoms with Gasteiger partial charge in [-0.25, -0.2) is 18.1 Å². The molecule has 0 bridgehead atoms. The molecule has 2 aromatic heterocycles. The summed E-state index contributed by atoms with van der Waals surface area (Å²) in [5.41, 5.74) is 0. The first kappa shape index (κ1) is 12.4. The number of nitrogens with one attached hydrogen (secondary N) is 1. The molecule has 1 aliphatic rings. The highest BCUT2D eigenvalue weighted by atomic mass is 35.5. The zero-order valence-electron chi connectivity index (χ0n) is 9.58. The highest BCUT2D eigenvalue weighted by molar-refractivity contribution is 7.92. The van der Waals surface area contributed by atoms with E-state index in [1.165, 1.54) is 18.3 Å². The van der Waals surface area contributed by atoms with E-state index in [0.29, 0.717) is 5.89 Å². The van der Waals surface area contributed by atoms with E-state index in [1.807, 2.05) is 0 Å². The molecule has 0 aromatic carbocycles. The molecule has 1 saturated carbocycles. The zero-order chi connectivity index (χ0) is 13.5. The van der Waals surface area contributed by atoms with Crippen molar-refractivity contribution >= 4 is 27.6 Å². The first-order valence-electron chi connectivity index (χ1n) is 5.53. The van der Waals surface area contributed by atoms with Gasteiger partial charge >= 0.3 is 6.01 Å². The molecule has 1 fully saturated rings. The van der Waals surface area contributed by atoms with Crippen LogP contribution in [0.1, 0.15) is 24.7 Å². The van der Waals surface area contributed by atoms with Gasteiger partial charge in [-0.05, 0) is 25.0 Å². The van der Waals surface area contributed by atoms with Crippen LogP contribution < -0.4 is 4.72 Å². The number of anilines is 1. The highest BCUT2D eigenvalue weighted by Crippen LogP contribution is 2.39. The van der Waals surface area contributed by atoms with Crippen LogP contribution in [0.15, 0.2) is 27.6 Å². The molecule has 0 unspecified atom stereocenters. The SMILES string of the molecule is O=S(=O)(Nc1nnc(C2CC2)o1)c1cccnc1Cl. The van der Waals surface area contributed by atoms with Crippen molar-refractivity contribution in [1.29, 1.82) is 0 Å². The molecule has 1 N–H and O–H groups in total. The minimum Gasteiger partial charge on any atom is -0.407 e. The summed E-state index contributed by atoms with van der Waals surface area (Å²) in [7, 11) is -3.88. The summed E-state index contributed by atoms with van der Waals surface area (Å²) in [5, 5.41) is 7.32. The van der Waals surface area contributed by atoms with E-state index in [2.05, 4.69) is 19.9 Å². The molecular weight excluding hydrogens is 292 g/mol. The van der Waals surface area contributed by atoms with Gasteiger partial charge in [0.15, 0.2) is 0 Å². The fourth-order valence-corrected chi connectivity index (χ4v) is 2.89. The summed E-state index contributed by atoms with van der Waals surface area (Å²) < 4.78 is 31.5. The van der Waals surface area contributed by atoms with Crippen LogP contribution in [0.2, 0.25) is 5.15 Å². The molecule has 7 nitrogen and oxygen atoms in total. The second-order valence-electron chi connectivity index (χ2n) is 4.12. The molecule has 0 aliphatic heterocycles. The van der Waals surface area contributed by atoms with E-state index >= 15 is 0 Å². The fourth-order valence-electron chi connectivity index (χ4n) is 1.51. The van der Waals surface area contributed by atoms with Gasteiger partial charge in [0.2, 0.25) is 5.89 Å². The Balaban J connectivity index is 1.86. The summed E-state index contributed by atoms with van der Waals surface area (Å²) in [4.78, 5) is 3.57. The van der Waals surface area contributed by atoms with Crippen LogP contribution in [0.5, 0.6) is 0 Å². The molecule has 0 spiro atoms. The predicted octanol–water partition coefficient (Wildman–Crippen LogP) is 1.80. The maximum absolute atomic E-state index is 12.1. The Morgan fingerprint density at radius 2 is 2.16 bits per heavy atom. The van der Waals surface area contributed by atoms with Gasteiger partial charge < -0.3 is 4.42 Å². The predicted molar refractivity (Wildman–Crippen MR) is 66.3 cm³/mol. The van der Waals surface area contributed by atoms with E-state index in [4.69, 9.17) is 16.0 Å². The first-order valence-corrected chi connectivity index (χ1v) is 7.39. The van der Waals surface area contributed by atoms with Crippen LogP contribution in [-0.2, 0) is 10.0 Å². The first-order chi connectivity index (χ1) is 9.06. The number of aromatic nitrogens is 3. The number of sulfonamides is 1. The molecule has 0 saturated heterocycles. The van der Waals surface area contributed by atoms with Gasteiger partial charge in [-0.15, -0.1) is 5.10 Å². The summed E-state index contributed by atoms with van der Waals surface area (Å²) in [6, 6.07) is 2.65. The molecule has 9 heteroatoms. The molecule has 0 radical (unpaired) electrons. The van der Waals surface area contributed by atoms with Crippen LogP contribution in [0.4, 0.5) is 6.01 Å². The van der Waals surface area contributed by atoms with Gasteiger partial charge in [0.05, 0.1) is 0 Å². The molecule has 19 heavy (non-hydrogen) atoms. The Labute approximate surface area is 114 Å². The van der Waals surface area contributed by atoms with E-state index in [1.54, 1.807) is 0 Å². The van der Waals surface area contributed by atoms with Crippen molar-refractivity contribution in [2.24, 2.45) is 0 Å². The van der Waals surface area contributed by atoms with Gasteiger partial charge in [0.25, 0.3) is 10.0 Å². The minimum absolute atomic E-state index is 0.114. The second-order valence-corrected chi connectivity index (χ2v) is 6.13. The quantitative estimate of drug-likeness (QED) is 0.864. The maximum atomic E-state index is 12.1. The van der Waals surface area contributed by atoms with Crippen LogP contribution in [0.25, 0.3) is 0 Å². The number of halogens is 1. The number of hydrogen-bond donors (Lipinski definition) is 1. The van der Waals surface area contributed by atoms with Gasteiger partial charge in [-0.3, -0.25) is 0 Å². The molecule has 2 heterocycles. The molecule has 0 atom stereocenters. The third-order valence-electron chi connectivity index (χ3n) is 2.60. The van der Waals surface area contributed by atoms with Gasteiger partial charge in [0.1, 0.15) is 10.0 Å². The molecule has 1 aliphatic carbocycles. The zero-order valence-corrected chi connectivity index (χ0v) is 11.1. The van der Waals surface area contributed by atoms with E-state index in [9.17, 15) is 8.42 Å². The monoisotopic (exact) mass is 300 g/mol. The third-order valence-corrected chi connectivity index (χ3v) is 4.37. The van der Waals surface area contributed by atoms with Crippen molar-refractivity contribution in [2.45, 2.75) is 23.7 Å². The van der Waals surface area contributed by atoms with Crippen molar-refractivity contribution < 1.29 is 12.8 Å². The number of hydrogen-bond acceptors (Lipinski definition) is 6. The largest absolute Gasteiger partial charge is 0.407 e. The summed E-state index contributed by atoms with van der Waals surface area (Å²) in [6.07, 6.45) is 3.38. The number of nitrogens with zero attached hydrogens (tertiary/aromatic N) is 3. The van der Waals surface area contributed by atoms with Crippen LogP contribution in [0.3, 0.4) is 0 Å². The van der Waals surface area contributed by atoms with E-state index in [0.717, 1.165) is 12.8 Å². The Morgan fingerprint density at radius 1 is 1.37 bits per heavy atom. The maximum Gasteiger partial charge on any atom is 0.329 e. The van der Waals surface area contributed by atoms with Crippen molar-refractivity contribution in [3.05, 3.63) is 29.4 Å². The Bertz CT molecular complexity index is 711. The van der Waals surface area contributed by atoms with Crippen LogP contribution >= 0.6 is 11.6 Å². The summed E-state index contributed by atoms with van der Waals surface area (Å²) >= 11 is 5.74. The Hall–Kier alpha value is -1.67. The molecule has 0 amide bonds. The molecular formula is C10H9ClN4O3S. The average molecular weight is 301 g/mol. The van der Waals surface area contributed by atoms with Crippen LogP contribution in [-0.4, -0.2) is 23.6 Å². The topological polar surface area (TPSA) is 98.0 Å². The number of pyridine rings is 1. The third kappa shape index (κ3) is 2.54. The van der Waals surface area contributed by atoms with E-state index in [-0.39, 0.29) is 22.0 Å². The fraction of sp³-hybridized carbons (Fsp3) is 0.300. The Morgan fingerprint density at radius 3 is 2.84 bits per heavy atom. The standard InChI is InChI=1S/C10H9ClN4O3S/c11-8-7(2-1-5-12-8)19(16,17)15-10-14-13-9(18-10)6-3-4-6/h1-2,5-6H,3-4H2,(H,14,15). The smallest absolute Gasteiger partial charge is 0.329 e. The van der Waals surface area contributed by atoms with E-state index < -0.39 is 10.0 Å². The lowest BCUT2D eigenvalue weighted by atomic mass is 10.4. The molecule has 100 valence electrons. The normalized spacial score (nSPS) is 15.4. The lowest BCUT2D eigenvalue weighted by Crippen LogP contribution is -2.14. The lowest BCUT2D eigenvalue weighted by molar-refractivity contribution is 0.510. The van der Waals surface area contributed by atoms with Crippen molar-refractivity contribution in [3.63, 3.8) is 0 Å². The molecule has 2 aromatic rings. The Kier molecular flexibility index (Phi) is 2.90. The van der Waals surface area contributed by atoms with Gasteiger partial charge in [-0.2, -0.15) is 0 Å². The number of rotatable bonds is 4. The van der Waals surface area contributed by atoms with Crippen molar-refractivity contribution in [1.82, 2.24) is 15.2 Å². The summed E-state index contributed by atoms with van der Waals surface area (Å²) in [6.45, 7) is 0. The minimum atomic E-state index is -3.88. The van der Waals surface area contributed by atoms with Gasteiger partial charge in [-0.1, -0.05) is 16.7 Å². The summed E-state index contributed by atoms with van der Waals surface area (Å²) in [5.74, 6) is 0.711. The van der Waals surface area contributed by atoms with Gasteiger partial charge in [0, 0.05) is 12.1 Å².